The number of nitrogens with zero attached hydrogens (tertiary/aromatic N) is 3. The predicted molar refractivity (Wildman–Crippen MR) is 51.5 cm³/mol. The third-order valence-electron chi connectivity index (χ3n) is 3.63. The zero-order valence-corrected chi connectivity index (χ0v) is 8.39. The molecule has 1 heterocycles. The van der Waals surface area contributed by atoms with Crippen LogP contribution in [0.25, 0.3) is 0 Å². The van der Waals surface area contributed by atoms with Gasteiger partial charge in [0.05, 0.1) is 0 Å². The number of hydrogen-bond donors (Lipinski definition) is 1. The Kier molecular flexibility index (Phi) is 1.66. The molecule has 80 valence electrons. The second-order valence-electron chi connectivity index (χ2n) is 4.52. The molecule has 0 spiro atoms. The van der Waals surface area contributed by atoms with Gasteiger partial charge in [0.15, 0.2) is 0 Å². The average molecular weight is 207 g/mol. The minimum absolute atomic E-state index is 0.435. The molecule has 0 saturated heterocycles. The van der Waals surface area contributed by atoms with E-state index < -0.39 is 11.5 Å². The van der Waals surface area contributed by atoms with Gasteiger partial charge in [0.2, 0.25) is 0 Å². The lowest BCUT2D eigenvalue weighted by molar-refractivity contribution is -0.142. The summed E-state index contributed by atoms with van der Waals surface area (Å²) >= 11 is 0. The Morgan fingerprint density at radius 3 is 2.73 bits per heavy atom. The minimum atomic E-state index is -0.747. The van der Waals surface area contributed by atoms with Crippen molar-refractivity contribution in [3.8, 4) is 0 Å². The molecule has 0 aliphatic heterocycles. The SMILES string of the molecule is O=C(O)C1(n2cnnc2C2CCC2)CC1. The maximum absolute atomic E-state index is 11.2. The number of carboxylic acid groups (broad SMARTS) is 1. The van der Waals surface area contributed by atoms with Crippen molar-refractivity contribution in [3.63, 3.8) is 0 Å². The number of aliphatic carboxylic acids is 1. The van der Waals surface area contributed by atoms with E-state index in [4.69, 9.17) is 0 Å². The van der Waals surface area contributed by atoms with Crippen LogP contribution >= 0.6 is 0 Å². The van der Waals surface area contributed by atoms with Crippen LogP contribution in [-0.2, 0) is 10.3 Å². The van der Waals surface area contributed by atoms with E-state index >= 15 is 0 Å². The second kappa shape index (κ2) is 2.81. The van der Waals surface area contributed by atoms with E-state index in [1.165, 1.54) is 6.42 Å². The van der Waals surface area contributed by atoms with Gasteiger partial charge in [-0.2, -0.15) is 0 Å². The van der Waals surface area contributed by atoms with Crippen molar-refractivity contribution < 1.29 is 9.90 Å². The fourth-order valence-corrected chi connectivity index (χ4v) is 2.19. The first-order chi connectivity index (χ1) is 7.24. The molecule has 5 nitrogen and oxygen atoms in total. The van der Waals surface area contributed by atoms with E-state index in [9.17, 15) is 9.90 Å². The maximum atomic E-state index is 11.2. The van der Waals surface area contributed by atoms with Crippen molar-refractivity contribution in [3.05, 3.63) is 12.2 Å². The Balaban J connectivity index is 1.98. The molecular weight excluding hydrogens is 194 g/mol. The van der Waals surface area contributed by atoms with Gasteiger partial charge in [-0.1, -0.05) is 6.42 Å². The first-order valence-electron chi connectivity index (χ1n) is 5.38. The second-order valence-corrected chi connectivity index (χ2v) is 4.52. The standard InChI is InChI=1S/C10H13N3O2/c14-9(15)10(4-5-10)13-6-11-12-8(13)7-2-1-3-7/h6-7H,1-5H2,(H,14,15). The average Bonchev–Trinajstić information content (AvgIpc) is 2.80. The molecule has 5 heteroatoms. The van der Waals surface area contributed by atoms with Gasteiger partial charge >= 0.3 is 5.97 Å². The summed E-state index contributed by atoms with van der Waals surface area (Å²) in [7, 11) is 0. The Morgan fingerprint density at radius 1 is 1.53 bits per heavy atom. The zero-order chi connectivity index (χ0) is 10.5. The van der Waals surface area contributed by atoms with Crippen LogP contribution in [0, 0.1) is 0 Å². The van der Waals surface area contributed by atoms with Crippen LogP contribution in [0.15, 0.2) is 6.33 Å². The molecule has 0 amide bonds. The maximum Gasteiger partial charge on any atom is 0.329 e. The first-order valence-corrected chi connectivity index (χ1v) is 5.38. The first kappa shape index (κ1) is 8.88. The molecule has 2 aliphatic carbocycles. The van der Waals surface area contributed by atoms with Gasteiger partial charge in [0, 0.05) is 5.92 Å². The molecule has 1 aromatic rings. The summed E-state index contributed by atoms with van der Waals surface area (Å²) in [4.78, 5) is 11.2. The Bertz CT molecular complexity index is 405. The van der Waals surface area contributed by atoms with E-state index in [-0.39, 0.29) is 0 Å². The quantitative estimate of drug-likeness (QED) is 0.806. The number of rotatable bonds is 3. The summed E-state index contributed by atoms with van der Waals surface area (Å²) in [5.41, 5.74) is -0.714. The molecule has 2 aliphatic rings. The largest absolute Gasteiger partial charge is 0.479 e. The number of aromatic nitrogens is 3. The van der Waals surface area contributed by atoms with Crippen LogP contribution in [0.4, 0.5) is 0 Å². The zero-order valence-electron chi connectivity index (χ0n) is 8.39. The monoisotopic (exact) mass is 207 g/mol. The summed E-state index contributed by atoms with van der Waals surface area (Å²) in [5.74, 6) is 0.563. The summed E-state index contributed by atoms with van der Waals surface area (Å²) in [6.07, 6.45) is 6.45. The lowest BCUT2D eigenvalue weighted by atomic mass is 9.84. The molecule has 3 rings (SSSR count). The van der Waals surface area contributed by atoms with Gasteiger partial charge in [-0.05, 0) is 25.7 Å². The van der Waals surface area contributed by atoms with Crippen LogP contribution in [0.3, 0.4) is 0 Å². The third-order valence-corrected chi connectivity index (χ3v) is 3.63. The van der Waals surface area contributed by atoms with Gasteiger partial charge in [0.25, 0.3) is 0 Å². The molecule has 1 aromatic heterocycles. The summed E-state index contributed by atoms with van der Waals surface area (Å²) in [5, 5.41) is 17.1. The smallest absolute Gasteiger partial charge is 0.329 e. The lowest BCUT2D eigenvalue weighted by Crippen LogP contribution is -2.30. The number of carbonyl (C=O) groups is 1. The van der Waals surface area contributed by atoms with E-state index in [1.54, 1.807) is 10.9 Å². The highest BCUT2D eigenvalue weighted by Gasteiger charge is 2.54. The lowest BCUT2D eigenvalue weighted by Gasteiger charge is -2.26. The Labute approximate surface area is 87.1 Å². The van der Waals surface area contributed by atoms with E-state index in [2.05, 4.69) is 10.2 Å². The van der Waals surface area contributed by atoms with Crippen molar-refractivity contribution in [2.75, 3.05) is 0 Å². The van der Waals surface area contributed by atoms with Gasteiger partial charge in [-0.25, -0.2) is 4.79 Å². The predicted octanol–water partition coefficient (Wildman–Crippen LogP) is 1.12. The molecule has 15 heavy (non-hydrogen) atoms. The Morgan fingerprint density at radius 2 is 2.27 bits per heavy atom. The van der Waals surface area contributed by atoms with Gasteiger partial charge in [0.1, 0.15) is 17.7 Å². The molecule has 1 N–H and O–H groups in total. The fraction of sp³-hybridized carbons (Fsp3) is 0.700. The van der Waals surface area contributed by atoms with Gasteiger partial charge in [-0.3, -0.25) is 0 Å². The molecular formula is C10H13N3O2. The topological polar surface area (TPSA) is 68.0 Å². The van der Waals surface area contributed by atoms with E-state index in [0.29, 0.717) is 18.8 Å². The Hall–Kier alpha value is -1.39. The molecule has 0 bridgehead atoms. The third kappa shape index (κ3) is 1.12. The highest BCUT2D eigenvalue weighted by Crippen LogP contribution is 2.47. The van der Waals surface area contributed by atoms with E-state index in [1.807, 2.05) is 0 Å². The van der Waals surface area contributed by atoms with Crippen LogP contribution in [0.2, 0.25) is 0 Å². The van der Waals surface area contributed by atoms with Crippen LogP contribution in [-0.4, -0.2) is 25.8 Å². The van der Waals surface area contributed by atoms with Crippen molar-refractivity contribution in [1.29, 1.82) is 0 Å². The molecule has 2 saturated carbocycles. The minimum Gasteiger partial charge on any atom is -0.479 e. The molecule has 0 atom stereocenters. The molecule has 2 fully saturated rings. The normalized spacial score (nSPS) is 23.5. The summed E-state index contributed by atoms with van der Waals surface area (Å²) in [6.45, 7) is 0. The van der Waals surface area contributed by atoms with Crippen molar-refractivity contribution >= 4 is 5.97 Å². The number of hydrogen-bond acceptors (Lipinski definition) is 3. The summed E-state index contributed by atoms with van der Waals surface area (Å²) in [6, 6.07) is 0. The van der Waals surface area contributed by atoms with Crippen molar-refractivity contribution in [1.82, 2.24) is 14.8 Å². The van der Waals surface area contributed by atoms with Crippen molar-refractivity contribution in [2.24, 2.45) is 0 Å². The van der Waals surface area contributed by atoms with Crippen LogP contribution in [0.5, 0.6) is 0 Å². The molecule has 0 aromatic carbocycles. The van der Waals surface area contributed by atoms with E-state index in [0.717, 1.165) is 18.7 Å². The summed E-state index contributed by atoms with van der Waals surface area (Å²) < 4.78 is 1.79. The van der Waals surface area contributed by atoms with Crippen molar-refractivity contribution in [2.45, 2.75) is 43.6 Å². The number of carboxylic acids is 1. The van der Waals surface area contributed by atoms with Gasteiger partial charge < -0.3 is 9.67 Å². The van der Waals surface area contributed by atoms with Crippen LogP contribution < -0.4 is 0 Å². The molecule has 0 radical (unpaired) electrons. The van der Waals surface area contributed by atoms with Gasteiger partial charge in [-0.15, -0.1) is 10.2 Å². The molecule has 0 unspecified atom stereocenters. The fourth-order valence-electron chi connectivity index (χ4n) is 2.19. The van der Waals surface area contributed by atoms with Crippen LogP contribution in [0.1, 0.15) is 43.8 Å². The highest BCUT2D eigenvalue weighted by molar-refractivity contribution is 5.80. The highest BCUT2D eigenvalue weighted by atomic mass is 16.4.